The number of likely N-dealkylation sites (tertiary alicyclic amines) is 1. The number of nitrogens with zero attached hydrogens (tertiary/aromatic N) is 2. The Balaban J connectivity index is 1.33. The second-order valence-corrected chi connectivity index (χ2v) is 10.8. The van der Waals surface area contributed by atoms with E-state index < -0.39 is 10.0 Å². The SMILES string of the molecule is O=C1CCC(=O)N1C1CC2CCC(C1)N2S(=O)(=O)c1ccc(Oc2ccccc2Cl)cc1. The zero-order chi connectivity index (χ0) is 22.5. The molecule has 32 heavy (non-hydrogen) atoms. The molecule has 3 saturated heterocycles. The van der Waals surface area contributed by atoms with Crippen LogP contribution in [-0.4, -0.2) is 47.6 Å². The van der Waals surface area contributed by atoms with Crippen molar-refractivity contribution in [1.82, 2.24) is 9.21 Å². The standard InChI is InChI=1S/C23H23ClN2O5S/c24-20-3-1-2-4-21(20)31-18-7-9-19(10-8-18)32(29,30)26-15-5-6-16(26)14-17(13-15)25-22(27)11-12-23(25)28/h1-4,7-10,15-17H,5-6,11-14H2. The van der Waals surface area contributed by atoms with Crippen molar-refractivity contribution in [2.45, 2.75) is 61.5 Å². The fraction of sp³-hybridized carbons (Fsp3) is 0.391. The van der Waals surface area contributed by atoms with Gasteiger partial charge >= 0.3 is 0 Å². The van der Waals surface area contributed by atoms with Crippen LogP contribution in [0.5, 0.6) is 11.5 Å². The molecule has 2 aromatic carbocycles. The van der Waals surface area contributed by atoms with Crippen molar-refractivity contribution in [3.05, 3.63) is 53.6 Å². The van der Waals surface area contributed by atoms with E-state index in [1.54, 1.807) is 46.8 Å². The van der Waals surface area contributed by atoms with Crippen LogP contribution >= 0.6 is 11.6 Å². The summed E-state index contributed by atoms with van der Waals surface area (Å²) in [6, 6.07) is 12.8. The van der Waals surface area contributed by atoms with Gasteiger partial charge in [0.1, 0.15) is 11.5 Å². The predicted molar refractivity (Wildman–Crippen MR) is 118 cm³/mol. The van der Waals surface area contributed by atoms with Gasteiger partial charge in [0.2, 0.25) is 21.8 Å². The van der Waals surface area contributed by atoms with Gasteiger partial charge in [0.15, 0.2) is 0 Å². The van der Waals surface area contributed by atoms with E-state index in [0.29, 0.717) is 29.4 Å². The number of fused-ring (bicyclic) bond motifs is 2. The number of hydrogen-bond acceptors (Lipinski definition) is 5. The minimum Gasteiger partial charge on any atom is -0.456 e. The number of halogens is 1. The van der Waals surface area contributed by atoms with E-state index in [0.717, 1.165) is 12.8 Å². The number of hydrogen-bond donors (Lipinski definition) is 0. The number of carbonyl (C=O) groups is 2. The first-order chi connectivity index (χ1) is 15.3. The van der Waals surface area contributed by atoms with Crippen molar-refractivity contribution in [3.63, 3.8) is 0 Å². The normalized spacial score (nSPS) is 26.0. The molecule has 0 saturated carbocycles. The van der Waals surface area contributed by atoms with E-state index in [-0.39, 0.29) is 47.7 Å². The lowest BCUT2D eigenvalue weighted by molar-refractivity contribution is -0.142. The van der Waals surface area contributed by atoms with E-state index in [1.165, 1.54) is 4.90 Å². The number of benzene rings is 2. The summed E-state index contributed by atoms with van der Waals surface area (Å²) in [6.07, 6.45) is 3.00. The number of sulfonamides is 1. The highest BCUT2D eigenvalue weighted by molar-refractivity contribution is 7.89. The molecule has 0 spiro atoms. The summed E-state index contributed by atoms with van der Waals surface area (Å²) in [5.74, 6) is 0.718. The Bertz CT molecular complexity index is 1140. The largest absolute Gasteiger partial charge is 0.456 e. The number of ether oxygens (including phenoxy) is 1. The van der Waals surface area contributed by atoms with Crippen LogP contribution in [0.25, 0.3) is 0 Å². The van der Waals surface area contributed by atoms with Gasteiger partial charge in [0, 0.05) is 31.0 Å². The highest BCUT2D eigenvalue weighted by atomic mass is 35.5. The average Bonchev–Trinajstić information content (AvgIpc) is 3.26. The van der Waals surface area contributed by atoms with E-state index >= 15 is 0 Å². The molecule has 0 radical (unpaired) electrons. The minimum atomic E-state index is -3.71. The van der Waals surface area contributed by atoms with Gasteiger partial charge in [0.05, 0.1) is 9.92 Å². The molecule has 2 atom stereocenters. The first-order valence-corrected chi connectivity index (χ1v) is 12.6. The molecule has 7 nitrogen and oxygen atoms in total. The molecule has 0 aromatic heterocycles. The van der Waals surface area contributed by atoms with Gasteiger partial charge < -0.3 is 4.74 Å². The zero-order valence-corrected chi connectivity index (χ0v) is 18.9. The number of rotatable bonds is 5. The number of amides is 2. The molecule has 5 rings (SSSR count). The van der Waals surface area contributed by atoms with E-state index in [1.807, 2.05) is 6.07 Å². The number of carbonyl (C=O) groups excluding carboxylic acids is 2. The molecule has 168 valence electrons. The number of piperidine rings is 1. The highest BCUT2D eigenvalue weighted by Gasteiger charge is 2.50. The Kier molecular flexibility index (Phi) is 5.47. The third-order valence-corrected chi connectivity index (χ3v) is 8.89. The van der Waals surface area contributed by atoms with Gasteiger partial charge in [-0.2, -0.15) is 4.31 Å². The zero-order valence-electron chi connectivity index (χ0n) is 17.3. The van der Waals surface area contributed by atoms with Crippen LogP contribution in [0.3, 0.4) is 0 Å². The number of imide groups is 1. The first-order valence-electron chi connectivity index (χ1n) is 10.8. The van der Waals surface area contributed by atoms with Crippen LogP contribution in [0.4, 0.5) is 0 Å². The van der Waals surface area contributed by atoms with Crippen molar-refractivity contribution in [2.24, 2.45) is 0 Å². The van der Waals surface area contributed by atoms with Crippen molar-refractivity contribution >= 4 is 33.4 Å². The van der Waals surface area contributed by atoms with Crippen LogP contribution in [0.1, 0.15) is 38.5 Å². The van der Waals surface area contributed by atoms with Crippen LogP contribution < -0.4 is 4.74 Å². The van der Waals surface area contributed by atoms with Crippen molar-refractivity contribution < 1.29 is 22.7 Å². The first kappa shape index (κ1) is 21.4. The molecule has 2 aromatic rings. The summed E-state index contributed by atoms with van der Waals surface area (Å²) in [4.78, 5) is 25.9. The molecule has 0 aliphatic carbocycles. The van der Waals surface area contributed by atoms with Crippen molar-refractivity contribution in [3.8, 4) is 11.5 Å². The third-order valence-electron chi connectivity index (χ3n) is 6.56. The van der Waals surface area contributed by atoms with Gasteiger partial charge in [-0.3, -0.25) is 14.5 Å². The quantitative estimate of drug-likeness (QED) is 0.612. The maximum Gasteiger partial charge on any atom is 0.243 e. The van der Waals surface area contributed by atoms with E-state index in [9.17, 15) is 18.0 Å². The topological polar surface area (TPSA) is 84.0 Å². The average molecular weight is 475 g/mol. The van der Waals surface area contributed by atoms with Gasteiger partial charge in [-0.1, -0.05) is 23.7 Å². The summed E-state index contributed by atoms with van der Waals surface area (Å²) >= 11 is 6.12. The predicted octanol–water partition coefficient (Wildman–Crippen LogP) is 3.97. The Labute approximate surface area is 192 Å². The molecule has 3 aliphatic heterocycles. The van der Waals surface area contributed by atoms with Gasteiger partial charge in [-0.15, -0.1) is 0 Å². The van der Waals surface area contributed by atoms with E-state index in [4.69, 9.17) is 16.3 Å². The molecule has 2 unspecified atom stereocenters. The fourth-order valence-electron chi connectivity index (χ4n) is 5.17. The van der Waals surface area contributed by atoms with Gasteiger partial charge in [-0.05, 0) is 62.1 Å². The Morgan fingerprint density at radius 3 is 2.03 bits per heavy atom. The van der Waals surface area contributed by atoms with Gasteiger partial charge in [-0.25, -0.2) is 8.42 Å². The Morgan fingerprint density at radius 2 is 1.44 bits per heavy atom. The van der Waals surface area contributed by atoms with Crippen LogP contribution in [0.2, 0.25) is 5.02 Å². The third kappa shape index (κ3) is 3.70. The van der Waals surface area contributed by atoms with Crippen molar-refractivity contribution in [2.75, 3.05) is 0 Å². The summed E-state index contributed by atoms with van der Waals surface area (Å²) in [7, 11) is -3.71. The summed E-state index contributed by atoms with van der Waals surface area (Å²) in [5, 5.41) is 0.471. The fourth-order valence-corrected chi connectivity index (χ4v) is 7.23. The summed E-state index contributed by atoms with van der Waals surface area (Å²) in [5.41, 5.74) is 0. The molecule has 3 fully saturated rings. The molecule has 3 aliphatic rings. The summed E-state index contributed by atoms with van der Waals surface area (Å²) in [6.45, 7) is 0. The van der Waals surface area contributed by atoms with Gasteiger partial charge in [0.25, 0.3) is 0 Å². The lowest BCUT2D eigenvalue weighted by atomic mass is 9.98. The Hall–Kier alpha value is -2.42. The molecule has 9 heteroatoms. The lowest BCUT2D eigenvalue weighted by Gasteiger charge is -2.40. The highest BCUT2D eigenvalue weighted by Crippen LogP contribution is 2.42. The molecular weight excluding hydrogens is 452 g/mol. The maximum absolute atomic E-state index is 13.4. The monoisotopic (exact) mass is 474 g/mol. The van der Waals surface area contributed by atoms with Crippen LogP contribution in [0, 0.1) is 0 Å². The lowest BCUT2D eigenvalue weighted by Crippen LogP contribution is -2.53. The second kappa shape index (κ2) is 8.17. The molecule has 2 amide bonds. The molecule has 0 N–H and O–H groups in total. The Morgan fingerprint density at radius 1 is 0.844 bits per heavy atom. The van der Waals surface area contributed by atoms with Crippen molar-refractivity contribution in [1.29, 1.82) is 0 Å². The molecular formula is C23H23ClN2O5S. The smallest absolute Gasteiger partial charge is 0.243 e. The summed E-state index contributed by atoms with van der Waals surface area (Å²) < 4.78 is 34.2. The molecule has 2 bridgehead atoms. The number of para-hydroxylation sites is 1. The minimum absolute atomic E-state index is 0.134. The second-order valence-electron chi connectivity index (χ2n) is 8.51. The van der Waals surface area contributed by atoms with Crippen LogP contribution in [0.15, 0.2) is 53.4 Å². The molecule has 3 heterocycles. The van der Waals surface area contributed by atoms with E-state index in [2.05, 4.69) is 0 Å². The maximum atomic E-state index is 13.4. The van der Waals surface area contributed by atoms with Crippen LogP contribution in [-0.2, 0) is 19.6 Å².